The Morgan fingerprint density at radius 2 is 1.62 bits per heavy atom. The van der Waals surface area contributed by atoms with Crippen molar-refractivity contribution >= 4 is 24.2 Å². The monoisotopic (exact) mass is 371 g/mol. The van der Waals surface area contributed by atoms with Crippen LogP contribution in [0.15, 0.2) is 30.3 Å². The number of benzene rings is 2. The molecule has 0 aliphatic heterocycles. The van der Waals surface area contributed by atoms with E-state index in [2.05, 4.69) is 83.8 Å². The normalized spacial score (nSPS) is 12.7. The van der Waals surface area contributed by atoms with Gasteiger partial charge in [-0.05, 0) is 45.9 Å². The first-order valence-corrected chi connectivity index (χ1v) is 12.4. The van der Waals surface area contributed by atoms with Crippen LogP contribution < -0.4 is 10.2 Å². The van der Waals surface area contributed by atoms with Gasteiger partial charge >= 0.3 is 0 Å². The highest BCUT2D eigenvalue weighted by Crippen LogP contribution is 2.38. The Morgan fingerprint density at radius 3 is 2.15 bits per heavy atom. The number of fused-ring (bicyclic) bond motifs is 1. The first-order chi connectivity index (χ1) is 12.3. The molecule has 0 amide bonds. The topological polar surface area (TPSA) is 32.3 Å². The van der Waals surface area contributed by atoms with E-state index in [1.54, 1.807) is 0 Å². The van der Waals surface area contributed by atoms with E-state index >= 15 is 0 Å². The van der Waals surface area contributed by atoms with Gasteiger partial charge in [-0.1, -0.05) is 85.2 Å². The number of rotatable bonds is 8. The lowest BCUT2D eigenvalue weighted by Gasteiger charge is -2.41. The van der Waals surface area contributed by atoms with Gasteiger partial charge in [0.15, 0.2) is 8.24 Å². The molecule has 0 aromatic heterocycles. The molecule has 0 atom stereocenters. The van der Waals surface area contributed by atoms with Gasteiger partial charge in [-0.15, -0.1) is 0 Å². The molecule has 2 rings (SSSR count). The largest absolute Gasteiger partial charge is 0.508 e. The Labute approximate surface area is 161 Å². The first kappa shape index (κ1) is 21.0. The van der Waals surface area contributed by atoms with Crippen molar-refractivity contribution in [1.82, 2.24) is 4.98 Å². The summed E-state index contributed by atoms with van der Waals surface area (Å²) in [5, 5.41) is 15.1. The van der Waals surface area contributed by atoms with Gasteiger partial charge in [0.05, 0.1) is 0 Å². The van der Waals surface area contributed by atoms with Gasteiger partial charge in [-0.3, -0.25) is 0 Å². The molecular weight excluding hydrogens is 334 g/mol. The average molecular weight is 372 g/mol. The fraction of sp³-hybridized carbons (Fsp3) is 0.565. The van der Waals surface area contributed by atoms with Crippen LogP contribution in [0.3, 0.4) is 0 Å². The molecule has 26 heavy (non-hydrogen) atoms. The summed E-state index contributed by atoms with van der Waals surface area (Å²) in [4.78, 5) is 4.00. The number of hydrogen-bond donors (Lipinski definition) is 2. The number of hydrogen-bond acceptors (Lipinski definition) is 2. The third kappa shape index (κ3) is 3.70. The van der Waals surface area contributed by atoms with Crippen molar-refractivity contribution in [2.75, 3.05) is 6.54 Å². The van der Waals surface area contributed by atoms with Gasteiger partial charge in [0.1, 0.15) is 5.75 Å². The smallest absolute Gasteiger partial charge is 0.167 e. The number of unbranched alkanes of at least 4 members (excludes halogenated alkanes) is 1. The van der Waals surface area contributed by atoms with Crippen molar-refractivity contribution in [3.05, 3.63) is 35.9 Å². The molecule has 0 unspecified atom stereocenters. The van der Waals surface area contributed by atoms with Crippen LogP contribution in [0, 0.1) is 0 Å². The van der Waals surface area contributed by atoms with Gasteiger partial charge in [0.2, 0.25) is 0 Å². The summed E-state index contributed by atoms with van der Waals surface area (Å²) in [5.74, 6) is 0.832. The Balaban J connectivity index is 2.79. The lowest BCUT2D eigenvalue weighted by molar-refractivity contribution is 0.469. The number of phenols is 1. The van der Waals surface area contributed by atoms with Crippen LogP contribution in [-0.4, -0.2) is 19.9 Å². The van der Waals surface area contributed by atoms with E-state index in [1.165, 1.54) is 28.8 Å². The van der Waals surface area contributed by atoms with Crippen molar-refractivity contribution in [3.8, 4) is 5.75 Å². The highest BCUT2D eigenvalue weighted by Gasteiger charge is 2.44. The number of nitrogens with one attached hydrogen (secondary N) is 1. The Morgan fingerprint density at radius 1 is 1.00 bits per heavy atom. The maximum Gasteiger partial charge on any atom is 0.167 e. The molecule has 0 saturated heterocycles. The summed E-state index contributed by atoms with van der Waals surface area (Å²) < 4.78 is 0. The second-order valence-electron chi connectivity index (χ2n) is 8.52. The molecule has 0 saturated carbocycles. The van der Waals surface area contributed by atoms with E-state index in [4.69, 9.17) is 0 Å². The van der Waals surface area contributed by atoms with E-state index in [-0.39, 0.29) is 0 Å². The standard InChI is InChI=1S/C23H37NOSi/c1-8-9-14-24-26(17(4)5,18(6)7)21-15-19-12-10-11-13-20(19)22(16(2)3)23(21)25/h10-13,15-18,24-25H,8-9,14H2,1-7H3. The number of phenolic OH excluding ortho intramolecular Hbond substituents is 1. The Hall–Kier alpha value is -1.32. The van der Waals surface area contributed by atoms with Crippen molar-refractivity contribution < 1.29 is 5.11 Å². The summed E-state index contributed by atoms with van der Waals surface area (Å²) >= 11 is 0. The SMILES string of the molecule is CCCCN[Si](c1cc2ccccc2c(C(C)C)c1O)(C(C)C)C(C)C. The van der Waals surface area contributed by atoms with Crippen LogP contribution in [0.4, 0.5) is 0 Å². The molecule has 2 N–H and O–H groups in total. The molecule has 0 aliphatic carbocycles. The maximum atomic E-state index is 11.4. The fourth-order valence-electron chi connectivity index (χ4n) is 4.53. The molecular formula is C23H37NOSi. The highest BCUT2D eigenvalue weighted by molar-refractivity contribution is 6.92. The predicted octanol–water partition coefficient (Wildman–Crippen LogP) is 6.03. The lowest BCUT2D eigenvalue weighted by Crippen LogP contribution is -2.65. The Kier molecular flexibility index (Phi) is 6.92. The van der Waals surface area contributed by atoms with Crippen molar-refractivity contribution in [2.24, 2.45) is 0 Å². The van der Waals surface area contributed by atoms with E-state index in [9.17, 15) is 5.11 Å². The van der Waals surface area contributed by atoms with E-state index in [1.807, 2.05) is 0 Å². The van der Waals surface area contributed by atoms with Gasteiger partial charge < -0.3 is 10.1 Å². The van der Waals surface area contributed by atoms with Crippen molar-refractivity contribution in [2.45, 2.75) is 78.3 Å². The average Bonchev–Trinajstić information content (AvgIpc) is 2.57. The number of aromatic hydroxyl groups is 1. The third-order valence-electron chi connectivity index (χ3n) is 5.85. The second kappa shape index (κ2) is 8.58. The summed E-state index contributed by atoms with van der Waals surface area (Å²) in [5.41, 5.74) is 2.12. The molecule has 2 aromatic carbocycles. The molecule has 3 heteroatoms. The molecule has 0 fully saturated rings. The van der Waals surface area contributed by atoms with E-state index < -0.39 is 8.24 Å². The quantitative estimate of drug-likeness (QED) is 0.438. The van der Waals surface area contributed by atoms with Crippen LogP contribution in [-0.2, 0) is 0 Å². The van der Waals surface area contributed by atoms with E-state index in [0.717, 1.165) is 12.1 Å². The summed E-state index contributed by atoms with van der Waals surface area (Å²) in [6, 6.07) is 10.8. The maximum absolute atomic E-state index is 11.4. The zero-order valence-electron chi connectivity index (χ0n) is 17.7. The van der Waals surface area contributed by atoms with Crippen LogP contribution in [0.5, 0.6) is 5.75 Å². The predicted molar refractivity (Wildman–Crippen MR) is 118 cm³/mol. The second-order valence-corrected chi connectivity index (χ2v) is 13.5. The third-order valence-corrected chi connectivity index (χ3v) is 11.6. The van der Waals surface area contributed by atoms with Crippen LogP contribution in [0.2, 0.25) is 11.1 Å². The molecule has 2 nitrogen and oxygen atoms in total. The molecule has 144 valence electrons. The molecule has 0 bridgehead atoms. The Bertz CT molecular complexity index is 728. The lowest BCUT2D eigenvalue weighted by atomic mass is 9.95. The van der Waals surface area contributed by atoms with E-state index in [0.29, 0.717) is 22.7 Å². The minimum absolute atomic E-state index is 0.293. The minimum Gasteiger partial charge on any atom is -0.508 e. The van der Waals surface area contributed by atoms with Crippen LogP contribution in [0.1, 0.15) is 72.8 Å². The van der Waals surface area contributed by atoms with Crippen LogP contribution in [0.25, 0.3) is 10.8 Å². The molecule has 0 radical (unpaired) electrons. The molecule has 0 spiro atoms. The van der Waals surface area contributed by atoms with Gasteiger partial charge in [0, 0.05) is 5.56 Å². The summed E-state index contributed by atoms with van der Waals surface area (Å²) in [6.07, 6.45) is 2.37. The fourth-order valence-corrected chi connectivity index (χ4v) is 9.62. The first-order valence-electron chi connectivity index (χ1n) is 10.3. The summed E-state index contributed by atoms with van der Waals surface area (Å²) in [7, 11) is -2.10. The highest BCUT2D eigenvalue weighted by atomic mass is 28.3. The minimum atomic E-state index is -2.10. The van der Waals surface area contributed by atoms with Crippen LogP contribution >= 0.6 is 0 Å². The van der Waals surface area contributed by atoms with Crippen molar-refractivity contribution in [3.63, 3.8) is 0 Å². The zero-order chi connectivity index (χ0) is 19.5. The van der Waals surface area contributed by atoms with Gasteiger partial charge in [-0.2, -0.15) is 0 Å². The van der Waals surface area contributed by atoms with Crippen molar-refractivity contribution in [1.29, 1.82) is 0 Å². The zero-order valence-corrected chi connectivity index (χ0v) is 18.7. The van der Waals surface area contributed by atoms with Gasteiger partial charge in [-0.25, -0.2) is 0 Å². The molecule has 0 heterocycles. The van der Waals surface area contributed by atoms with Gasteiger partial charge in [0.25, 0.3) is 0 Å². The molecule has 2 aromatic rings. The molecule has 0 aliphatic rings. The summed E-state index contributed by atoms with van der Waals surface area (Å²) in [6.45, 7) is 16.9.